The Kier molecular flexibility index (Phi) is 4.36. The largest absolute Gasteiger partial charge is 0.377 e. The second-order valence-corrected chi connectivity index (χ2v) is 5.20. The van der Waals surface area contributed by atoms with Crippen molar-refractivity contribution in [2.75, 3.05) is 20.2 Å². The zero-order chi connectivity index (χ0) is 11.4. The molecule has 1 atom stereocenters. The molecule has 3 heteroatoms. The Morgan fingerprint density at radius 1 is 1.25 bits per heavy atom. The third kappa shape index (κ3) is 3.29. The van der Waals surface area contributed by atoms with Crippen LogP contribution in [0.4, 0.5) is 0 Å². The Bertz CT molecular complexity index is 226. The molecule has 1 aliphatic heterocycles. The van der Waals surface area contributed by atoms with Crippen molar-refractivity contribution in [3.63, 3.8) is 0 Å². The number of likely N-dealkylation sites (N-methyl/N-ethyl adjacent to an activating group) is 1. The minimum atomic E-state index is 0.427. The van der Waals surface area contributed by atoms with Gasteiger partial charge in [0.05, 0.1) is 6.10 Å². The predicted octanol–water partition coefficient (Wildman–Crippen LogP) is 2.00. The molecule has 0 N–H and O–H groups in total. The zero-order valence-corrected chi connectivity index (χ0v) is 10.3. The van der Waals surface area contributed by atoms with Crippen LogP contribution in [-0.2, 0) is 9.53 Å². The van der Waals surface area contributed by atoms with Crippen molar-refractivity contribution in [1.82, 2.24) is 4.90 Å². The first-order valence-electron chi connectivity index (χ1n) is 6.59. The minimum absolute atomic E-state index is 0.427. The zero-order valence-electron chi connectivity index (χ0n) is 10.3. The second-order valence-electron chi connectivity index (χ2n) is 5.20. The fourth-order valence-corrected chi connectivity index (χ4v) is 2.79. The van der Waals surface area contributed by atoms with E-state index in [0.717, 1.165) is 38.8 Å². The van der Waals surface area contributed by atoms with Gasteiger partial charge in [-0.25, -0.2) is 0 Å². The van der Waals surface area contributed by atoms with Gasteiger partial charge < -0.3 is 9.64 Å². The first kappa shape index (κ1) is 12.1. The van der Waals surface area contributed by atoms with Crippen LogP contribution in [0.3, 0.4) is 0 Å². The van der Waals surface area contributed by atoms with E-state index in [-0.39, 0.29) is 0 Å². The van der Waals surface area contributed by atoms with Gasteiger partial charge in [0.25, 0.3) is 0 Å². The topological polar surface area (TPSA) is 29.5 Å². The Morgan fingerprint density at radius 3 is 2.62 bits per heavy atom. The van der Waals surface area contributed by atoms with Crippen molar-refractivity contribution < 1.29 is 9.53 Å². The monoisotopic (exact) mass is 225 g/mol. The maximum atomic E-state index is 11.2. The summed E-state index contributed by atoms with van der Waals surface area (Å²) in [5, 5.41) is 0. The van der Waals surface area contributed by atoms with Crippen molar-refractivity contribution in [1.29, 1.82) is 0 Å². The number of carbonyl (C=O) groups excluding carboxylic acids is 1. The van der Waals surface area contributed by atoms with E-state index in [1.165, 1.54) is 19.3 Å². The molecule has 0 amide bonds. The molecule has 1 saturated heterocycles. The van der Waals surface area contributed by atoms with E-state index in [2.05, 4.69) is 11.9 Å². The third-order valence-corrected chi connectivity index (χ3v) is 3.90. The van der Waals surface area contributed by atoms with Gasteiger partial charge in [-0.05, 0) is 39.2 Å². The number of ketones is 1. The first-order valence-corrected chi connectivity index (χ1v) is 6.59. The number of carbonyl (C=O) groups is 1. The van der Waals surface area contributed by atoms with E-state index in [1.807, 2.05) is 0 Å². The summed E-state index contributed by atoms with van der Waals surface area (Å²) in [6.07, 6.45) is 7.80. The lowest BCUT2D eigenvalue weighted by molar-refractivity contribution is -0.121. The van der Waals surface area contributed by atoms with Gasteiger partial charge in [0.1, 0.15) is 5.78 Å². The lowest BCUT2D eigenvalue weighted by Crippen LogP contribution is -2.41. The van der Waals surface area contributed by atoms with Gasteiger partial charge in [-0.1, -0.05) is 0 Å². The molecule has 0 aromatic rings. The summed E-state index contributed by atoms with van der Waals surface area (Å²) < 4.78 is 5.75. The fourth-order valence-electron chi connectivity index (χ4n) is 2.79. The molecule has 16 heavy (non-hydrogen) atoms. The summed E-state index contributed by atoms with van der Waals surface area (Å²) in [7, 11) is 2.18. The lowest BCUT2D eigenvalue weighted by Gasteiger charge is -2.34. The summed E-state index contributed by atoms with van der Waals surface area (Å²) in [5.74, 6) is 0.443. The molecule has 1 unspecified atom stereocenters. The molecule has 2 fully saturated rings. The van der Waals surface area contributed by atoms with Crippen LogP contribution in [0.5, 0.6) is 0 Å². The van der Waals surface area contributed by atoms with E-state index < -0.39 is 0 Å². The Labute approximate surface area is 98.1 Å². The molecule has 0 spiro atoms. The number of hydrogen-bond donors (Lipinski definition) is 0. The average molecular weight is 225 g/mol. The van der Waals surface area contributed by atoms with Gasteiger partial charge in [-0.2, -0.15) is 0 Å². The number of ether oxygens (including phenoxy) is 1. The molecule has 0 radical (unpaired) electrons. The van der Waals surface area contributed by atoms with Crippen LogP contribution in [0.2, 0.25) is 0 Å². The Morgan fingerprint density at radius 2 is 2.00 bits per heavy atom. The van der Waals surface area contributed by atoms with Gasteiger partial charge in [0.15, 0.2) is 0 Å². The van der Waals surface area contributed by atoms with Crippen LogP contribution in [0, 0.1) is 0 Å². The van der Waals surface area contributed by atoms with Gasteiger partial charge in [-0.15, -0.1) is 0 Å². The van der Waals surface area contributed by atoms with Crippen molar-refractivity contribution in [2.24, 2.45) is 0 Å². The van der Waals surface area contributed by atoms with Gasteiger partial charge in [0, 0.05) is 32.0 Å². The molecule has 1 aliphatic carbocycles. The maximum Gasteiger partial charge on any atom is 0.133 e. The van der Waals surface area contributed by atoms with Gasteiger partial charge >= 0.3 is 0 Å². The van der Waals surface area contributed by atoms with E-state index in [0.29, 0.717) is 17.9 Å². The summed E-state index contributed by atoms with van der Waals surface area (Å²) in [4.78, 5) is 13.6. The predicted molar refractivity (Wildman–Crippen MR) is 63.5 cm³/mol. The number of nitrogens with zero attached hydrogens (tertiary/aromatic N) is 1. The molecule has 0 aromatic carbocycles. The van der Waals surface area contributed by atoms with E-state index in [1.54, 1.807) is 0 Å². The molecule has 1 heterocycles. The SMILES string of the molecule is CN(CC1CCCCO1)C1CCC(=O)CC1. The summed E-state index contributed by atoms with van der Waals surface area (Å²) >= 11 is 0. The molecule has 2 aliphatic rings. The highest BCUT2D eigenvalue weighted by atomic mass is 16.5. The molecular formula is C13H23NO2. The highest BCUT2D eigenvalue weighted by molar-refractivity contribution is 5.79. The Balaban J connectivity index is 1.73. The number of hydrogen-bond acceptors (Lipinski definition) is 3. The van der Waals surface area contributed by atoms with Crippen LogP contribution >= 0.6 is 0 Å². The third-order valence-electron chi connectivity index (χ3n) is 3.90. The van der Waals surface area contributed by atoms with Crippen molar-refractivity contribution >= 4 is 5.78 Å². The van der Waals surface area contributed by atoms with Crippen LogP contribution < -0.4 is 0 Å². The van der Waals surface area contributed by atoms with E-state index in [9.17, 15) is 4.79 Å². The average Bonchev–Trinajstić information content (AvgIpc) is 2.31. The van der Waals surface area contributed by atoms with Crippen molar-refractivity contribution in [3.05, 3.63) is 0 Å². The van der Waals surface area contributed by atoms with Gasteiger partial charge in [-0.3, -0.25) is 4.79 Å². The van der Waals surface area contributed by atoms with Crippen LogP contribution in [-0.4, -0.2) is 43.0 Å². The molecule has 3 nitrogen and oxygen atoms in total. The quantitative estimate of drug-likeness (QED) is 0.735. The highest BCUT2D eigenvalue weighted by Crippen LogP contribution is 2.21. The molecule has 0 aromatic heterocycles. The minimum Gasteiger partial charge on any atom is -0.377 e. The van der Waals surface area contributed by atoms with Crippen LogP contribution in [0.15, 0.2) is 0 Å². The van der Waals surface area contributed by atoms with E-state index in [4.69, 9.17) is 4.74 Å². The Hall–Kier alpha value is -0.410. The normalized spacial score (nSPS) is 28.6. The maximum absolute atomic E-state index is 11.2. The highest BCUT2D eigenvalue weighted by Gasteiger charge is 2.24. The number of Topliss-reactive ketones (excluding diaryl/α,β-unsaturated/α-hetero) is 1. The second kappa shape index (κ2) is 5.78. The number of rotatable bonds is 3. The standard InChI is InChI=1S/C13H23NO2/c1-14(10-13-4-2-3-9-16-13)11-5-7-12(15)8-6-11/h11,13H,2-10H2,1H3. The lowest BCUT2D eigenvalue weighted by atomic mass is 9.93. The molecule has 1 saturated carbocycles. The summed E-state index contributed by atoms with van der Waals surface area (Å²) in [5.41, 5.74) is 0. The molecular weight excluding hydrogens is 202 g/mol. The smallest absolute Gasteiger partial charge is 0.133 e. The molecule has 0 bridgehead atoms. The summed E-state index contributed by atoms with van der Waals surface area (Å²) in [6.45, 7) is 1.97. The van der Waals surface area contributed by atoms with E-state index >= 15 is 0 Å². The van der Waals surface area contributed by atoms with Crippen molar-refractivity contribution in [2.45, 2.75) is 57.1 Å². The summed E-state index contributed by atoms with van der Waals surface area (Å²) in [6, 6.07) is 0.600. The molecule has 92 valence electrons. The first-order chi connectivity index (χ1) is 7.75. The fraction of sp³-hybridized carbons (Fsp3) is 0.923. The van der Waals surface area contributed by atoms with Gasteiger partial charge in [0.2, 0.25) is 0 Å². The van der Waals surface area contributed by atoms with Crippen LogP contribution in [0.25, 0.3) is 0 Å². The molecule has 2 rings (SSSR count). The van der Waals surface area contributed by atoms with Crippen LogP contribution in [0.1, 0.15) is 44.9 Å². The van der Waals surface area contributed by atoms with Crippen molar-refractivity contribution in [3.8, 4) is 0 Å².